The second-order valence-electron chi connectivity index (χ2n) is 8.09. The number of hydrogen-bond acceptors (Lipinski definition) is 5. The molecular weight excluding hydrogens is 420 g/mol. The number of hydrogen-bond donors (Lipinski definition) is 0. The van der Waals surface area contributed by atoms with Gasteiger partial charge in [0.15, 0.2) is 0 Å². The molecule has 32 heavy (non-hydrogen) atoms. The zero-order valence-electron chi connectivity index (χ0n) is 18.5. The van der Waals surface area contributed by atoms with Crippen LogP contribution in [0.5, 0.6) is 5.75 Å². The SMILES string of the molecule is COc1cccc(N2CCN(C(=O)c3cc4c(C)nn(-c5ccccc5C)c4s3)CC2)c1. The number of aryl methyl sites for hydroxylation is 2. The highest BCUT2D eigenvalue weighted by atomic mass is 32.1. The van der Waals surface area contributed by atoms with E-state index in [0.29, 0.717) is 13.1 Å². The quantitative estimate of drug-likeness (QED) is 0.457. The number of aromatic nitrogens is 2. The highest BCUT2D eigenvalue weighted by molar-refractivity contribution is 7.20. The van der Waals surface area contributed by atoms with Gasteiger partial charge in [0.05, 0.1) is 23.4 Å². The summed E-state index contributed by atoms with van der Waals surface area (Å²) in [5.41, 5.74) is 4.29. The van der Waals surface area contributed by atoms with Crippen molar-refractivity contribution in [2.24, 2.45) is 0 Å². The first-order valence-electron chi connectivity index (χ1n) is 10.8. The lowest BCUT2D eigenvalue weighted by Gasteiger charge is -2.36. The molecule has 1 fully saturated rings. The van der Waals surface area contributed by atoms with Crippen LogP contribution in [0.15, 0.2) is 54.6 Å². The zero-order chi connectivity index (χ0) is 22.2. The Hall–Kier alpha value is -3.32. The summed E-state index contributed by atoms with van der Waals surface area (Å²) in [6, 6.07) is 18.3. The van der Waals surface area contributed by atoms with Gasteiger partial charge >= 0.3 is 0 Å². The molecule has 0 saturated carbocycles. The minimum absolute atomic E-state index is 0.104. The summed E-state index contributed by atoms with van der Waals surface area (Å²) in [4.78, 5) is 19.4. The number of carbonyl (C=O) groups is 1. The Morgan fingerprint density at radius 1 is 1.00 bits per heavy atom. The summed E-state index contributed by atoms with van der Waals surface area (Å²) in [6.45, 7) is 7.10. The minimum atomic E-state index is 0.104. The number of piperazine rings is 1. The van der Waals surface area contributed by atoms with Gasteiger partial charge in [0, 0.05) is 43.3 Å². The number of methoxy groups -OCH3 is 1. The smallest absolute Gasteiger partial charge is 0.264 e. The first kappa shape index (κ1) is 20.6. The fraction of sp³-hybridized carbons (Fsp3) is 0.280. The van der Waals surface area contributed by atoms with Crippen LogP contribution in [0, 0.1) is 13.8 Å². The first-order valence-corrected chi connectivity index (χ1v) is 11.6. The second kappa shape index (κ2) is 8.31. The van der Waals surface area contributed by atoms with Gasteiger partial charge in [-0.15, -0.1) is 11.3 Å². The van der Waals surface area contributed by atoms with E-state index in [1.54, 1.807) is 7.11 Å². The van der Waals surface area contributed by atoms with Crippen molar-refractivity contribution in [3.63, 3.8) is 0 Å². The van der Waals surface area contributed by atoms with Gasteiger partial charge in [-0.3, -0.25) is 4.79 Å². The van der Waals surface area contributed by atoms with Gasteiger partial charge in [0.2, 0.25) is 0 Å². The summed E-state index contributed by atoms with van der Waals surface area (Å²) in [7, 11) is 1.68. The van der Waals surface area contributed by atoms with Crippen molar-refractivity contribution in [3.05, 3.63) is 70.7 Å². The van der Waals surface area contributed by atoms with Gasteiger partial charge in [-0.1, -0.05) is 24.3 Å². The van der Waals surface area contributed by atoms with Gasteiger partial charge in [0.1, 0.15) is 10.6 Å². The van der Waals surface area contributed by atoms with E-state index < -0.39 is 0 Å². The highest BCUT2D eigenvalue weighted by Gasteiger charge is 2.25. The van der Waals surface area contributed by atoms with Crippen molar-refractivity contribution in [2.75, 3.05) is 38.2 Å². The molecule has 4 aromatic rings. The molecule has 2 aromatic carbocycles. The van der Waals surface area contributed by atoms with E-state index in [-0.39, 0.29) is 5.91 Å². The van der Waals surface area contributed by atoms with E-state index in [9.17, 15) is 4.79 Å². The number of thiophene rings is 1. The summed E-state index contributed by atoms with van der Waals surface area (Å²) in [6.07, 6.45) is 0. The molecule has 2 aromatic heterocycles. The lowest BCUT2D eigenvalue weighted by molar-refractivity contribution is 0.0751. The maximum absolute atomic E-state index is 13.3. The Morgan fingerprint density at radius 2 is 1.78 bits per heavy atom. The lowest BCUT2D eigenvalue weighted by Crippen LogP contribution is -2.48. The Bertz CT molecular complexity index is 1280. The highest BCUT2D eigenvalue weighted by Crippen LogP contribution is 2.32. The molecule has 164 valence electrons. The largest absolute Gasteiger partial charge is 0.497 e. The molecule has 1 aliphatic rings. The third kappa shape index (κ3) is 3.62. The molecule has 1 amide bonds. The van der Waals surface area contributed by atoms with E-state index in [2.05, 4.69) is 30.0 Å². The van der Waals surface area contributed by atoms with Crippen molar-refractivity contribution in [3.8, 4) is 11.4 Å². The normalized spacial score (nSPS) is 14.2. The number of nitrogens with zero attached hydrogens (tertiary/aromatic N) is 4. The average molecular weight is 447 g/mol. The predicted molar refractivity (Wildman–Crippen MR) is 130 cm³/mol. The van der Waals surface area contributed by atoms with Gasteiger partial charge in [-0.05, 0) is 43.7 Å². The van der Waals surface area contributed by atoms with Crippen molar-refractivity contribution in [2.45, 2.75) is 13.8 Å². The van der Waals surface area contributed by atoms with Crippen LogP contribution in [-0.4, -0.2) is 53.9 Å². The Balaban J connectivity index is 1.36. The number of amides is 1. The molecule has 7 heteroatoms. The molecule has 0 bridgehead atoms. The third-order valence-corrected chi connectivity index (χ3v) is 7.18. The average Bonchev–Trinajstić information content (AvgIpc) is 3.40. The topological polar surface area (TPSA) is 50.6 Å². The fourth-order valence-electron chi connectivity index (χ4n) is 4.25. The van der Waals surface area contributed by atoms with Crippen LogP contribution in [0.2, 0.25) is 0 Å². The van der Waals surface area contributed by atoms with E-state index in [4.69, 9.17) is 9.84 Å². The van der Waals surface area contributed by atoms with E-state index in [1.165, 1.54) is 11.3 Å². The van der Waals surface area contributed by atoms with Crippen LogP contribution in [0.4, 0.5) is 5.69 Å². The van der Waals surface area contributed by atoms with Crippen LogP contribution < -0.4 is 9.64 Å². The molecule has 0 N–H and O–H groups in total. The summed E-state index contributed by atoms with van der Waals surface area (Å²) in [5.74, 6) is 0.955. The van der Waals surface area contributed by atoms with Crippen molar-refractivity contribution in [1.82, 2.24) is 14.7 Å². The molecule has 1 aliphatic heterocycles. The zero-order valence-corrected chi connectivity index (χ0v) is 19.4. The van der Waals surface area contributed by atoms with Crippen LogP contribution in [-0.2, 0) is 0 Å². The van der Waals surface area contributed by atoms with Gasteiger partial charge < -0.3 is 14.5 Å². The first-order chi connectivity index (χ1) is 15.5. The summed E-state index contributed by atoms with van der Waals surface area (Å²) in [5, 5.41) is 5.79. The van der Waals surface area contributed by atoms with E-state index in [1.807, 2.05) is 52.9 Å². The predicted octanol–water partition coefficient (Wildman–Crippen LogP) is 4.67. The molecule has 5 rings (SSSR count). The number of carbonyl (C=O) groups excluding carboxylic acids is 1. The lowest BCUT2D eigenvalue weighted by atomic mass is 10.2. The molecule has 0 unspecified atom stereocenters. The summed E-state index contributed by atoms with van der Waals surface area (Å²) >= 11 is 1.53. The van der Waals surface area contributed by atoms with Crippen molar-refractivity contribution < 1.29 is 9.53 Å². The van der Waals surface area contributed by atoms with Crippen molar-refractivity contribution >= 4 is 33.1 Å². The molecule has 0 aliphatic carbocycles. The van der Waals surface area contributed by atoms with Gasteiger partial charge in [0.25, 0.3) is 5.91 Å². The Morgan fingerprint density at radius 3 is 2.53 bits per heavy atom. The Labute approximate surface area is 191 Å². The van der Waals surface area contributed by atoms with Crippen LogP contribution in [0.3, 0.4) is 0 Å². The molecule has 0 radical (unpaired) electrons. The maximum Gasteiger partial charge on any atom is 0.264 e. The molecule has 0 atom stereocenters. The number of ether oxygens (including phenoxy) is 1. The molecule has 3 heterocycles. The van der Waals surface area contributed by atoms with E-state index in [0.717, 1.165) is 56.6 Å². The number of fused-ring (bicyclic) bond motifs is 1. The van der Waals surface area contributed by atoms with Crippen LogP contribution >= 0.6 is 11.3 Å². The molecule has 6 nitrogen and oxygen atoms in total. The number of benzene rings is 2. The maximum atomic E-state index is 13.3. The molecule has 1 saturated heterocycles. The number of rotatable bonds is 4. The fourth-order valence-corrected chi connectivity index (χ4v) is 5.39. The monoisotopic (exact) mass is 446 g/mol. The van der Waals surface area contributed by atoms with Crippen LogP contribution in [0.25, 0.3) is 15.9 Å². The summed E-state index contributed by atoms with van der Waals surface area (Å²) < 4.78 is 7.32. The Kier molecular flexibility index (Phi) is 5.35. The second-order valence-corrected chi connectivity index (χ2v) is 9.12. The molecular formula is C25H26N4O2S. The van der Waals surface area contributed by atoms with Gasteiger partial charge in [-0.2, -0.15) is 5.10 Å². The van der Waals surface area contributed by atoms with Gasteiger partial charge in [-0.25, -0.2) is 4.68 Å². The standard InChI is InChI=1S/C25H26N4O2S/c1-17-7-4-5-10-22(17)29-25-21(18(2)26-29)16-23(32-25)24(30)28-13-11-27(12-14-28)19-8-6-9-20(15-19)31-3/h4-10,15-16H,11-14H2,1-3H3. The number of anilines is 1. The molecule has 0 spiro atoms. The van der Waals surface area contributed by atoms with Crippen LogP contribution in [0.1, 0.15) is 20.9 Å². The minimum Gasteiger partial charge on any atom is -0.497 e. The third-order valence-electron chi connectivity index (χ3n) is 6.08. The number of para-hydroxylation sites is 1. The van der Waals surface area contributed by atoms with E-state index >= 15 is 0 Å². The van der Waals surface area contributed by atoms with Crippen molar-refractivity contribution in [1.29, 1.82) is 0 Å².